The van der Waals surface area contributed by atoms with Crippen LogP contribution in [0.25, 0.3) is 0 Å². The van der Waals surface area contributed by atoms with Gasteiger partial charge in [-0.2, -0.15) is 0 Å². The summed E-state index contributed by atoms with van der Waals surface area (Å²) >= 11 is 1.71. The first-order valence-corrected chi connectivity index (χ1v) is 8.13. The lowest BCUT2D eigenvalue weighted by Gasteiger charge is -2.10. The van der Waals surface area contributed by atoms with Crippen LogP contribution in [-0.4, -0.2) is 37.7 Å². The molecule has 0 atom stereocenters. The first-order valence-electron chi connectivity index (χ1n) is 7.25. The van der Waals surface area contributed by atoms with Gasteiger partial charge in [-0.3, -0.25) is 4.99 Å². The van der Waals surface area contributed by atoms with Gasteiger partial charge in [-0.25, -0.2) is 4.98 Å². The van der Waals surface area contributed by atoms with Crippen LogP contribution in [0, 0.1) is 0 Å². The van der Waals surface area contributed by atoms with Gasteiger partial charge in [0.2, 0.25) is 0 Å². The highest BCUT2D eigenvalue weighted by Gasteiger charge is 2.02. The van der Waals surface area contributed by atoms with Crippen molar-refractivity contribution >= 4 is 41.3 Å². The number of hydrogen-bond acceptors (Lipinski definition) is 4. The van der Waals surface area contributed by atoms with Gasteiger partial charge < -0.3 is 15.4 Å². The quantitative estimate of drug-likeness (QED) is 0.276. The lowest BCUT2D eigenvalue weighted by atomic mass is 10.3. The smallest absolute Gasteiger partial charge is 0.191 e. The minimum Gasteiger partial charge on any atom is -0.382 e. The number of guanidine groups is 1. The molecule has 0 amide bonds. The fourth-order valence-electron chi connectivity index (χ4n) is 1.67. The molecule has 5 nitrogen and oxygen atoms in total. The minimum atomic E-state index is 0. The van der Waals surface area contributed by atoms with Crippen LogP contribution >= 0.6 is 35.3 Å². The molecule has 0 saturated carbocycles. The van der Waals surface area contributed by atoms with Crippen molar-refractivity contribution in [3.63, 3.8) is 0 Å². The second kappa shape index (κ2) is 13.3. The van der Waals surface area contributed by atoms with Crippen molar-refractivity contribution in [2.75, 3.05) is 26.8 Å². The summed E-state index contributed by atoms with van der Waals surface area (Å²) in [5.74, 6) is 0.826. The number of thiazole rings is 1. The Morgan fingerprint density at radius 1 is 1.33 bits per heavy atom. The maximum Gasteiger partial charge on any atom is 0.191 e. The van der Waals surface area contributed by atoms with E-state index in [-0.39, 0.29) is 24.0 Å². The Labute approximate surface area is 149 Å². The summed E-state index contributed by atoms with van der Waals surface area (Å²) in [5, 5.41) is 9.85. The third-order valence-electron chi connectivity index (χ3n) is 2.77. The average molecular weight is 426 g/mol. The summed E-state index contributed by atoms with van der Waals surface area (Å²) in [6.45, 7) is 7.40. The Kier molecular flexibility index (Phi) is 13.0. The van der Waals surface area contributed by atoms with E-state index in [2.05, 4.69) is 32.9 Å². The monoisotopic (exact) mass is 426 g/mol. The first-order chi connectivity index (χ1) is 9.80. The van der Waals surface area contributed by atoms with Crippen LogP contribution in [0.15, 0.2) is 10.4 Å². The zero-order valence-corrected chi connectivity index (χ0v) is 16.3. The number of unbranched alkanes of at least 4 members (excludes halogenated alkanes) is 1. The third-order valence-corrected chi connectivity index (χ3v) is 3.82. The zero-order valence-electron chi connectivity index (χ0n) is 13.1. The van der Waals surface area contributed by atoms with Crippen LogP contribution in [0.4, 0.5) is 0 Å². The Morgan fingerprint density at radius 2 is 2.14 bits per heavy atom. The van der Waals surface area contributed by atoms with Gasteiger partial charge in [0, 0.05) is 32.2 Å². The molecule has 1 aromatic rings. The summed E-state index contributed by atoms with van der Waals surface area (Å²) in [7, 11) is 1.79. The predicted octanol–water partition coefficient (Wildman–Crippen LogP) is 2.81. The molecule has 0 aliphatic rings. The summed E-state index contributed by atoms with van der Waals surface area (Å²) in [6, 6.07) is 0. The Balaban J connectivity index is 0.00000400. The number of halogens is 1. The number of aliphatic imine (C=N–C) groups is 1. The van der Waals surface area contributed by atoms with Gasteiger partial charge >= 0.3 is 0 Å². The average Bonchev–Trinajstić information content (AvgIpc) is 2.94. The SMILES string of the molecule is CCOCCCCNC(=NC)NCc1csc(CC)n1.I. The predicted molar refractivity (Wildman–Crippen MR) is 101 cm³/mol. The largest absolute Gasteiger partial charge is 0.382 e. The van der Waals surface area contributed by atoms with E-state index in [1.54, 1.807) is 18.4 Å². The molecule has 0 fully saturated rings. The molecule has 1 heterocycles. The van der Waals surface area contributed by atoms with Crippen LogP contribution in [0.3, 0.4) is 0 Å². The molecule has 0 bridgehead atoms. The first kappa shape index (κ1) is 20.6. The van der Waals surface area contributed by atoms with E-state index in [0.717, 1.165) is 57.2 Å². The molecule has 21 heavy (non-hydrogen) atoms. The van der Waals surface area contributed by atoms with Crippen LogP contribution in [0.2, 0.25) is 0 Å². The van der Waals surface area contributed by atoms with Crippen molar-refractivity contribution < 1.29 is 4.74 Å². The zero-order chi connectivity index (χ0) is 14.6. The standard InChI is InChI=1S/C14H26N4OS.HI/c1-4-13-18-12(11-20-13)10-17-14(15-3)16-8-6-7-9-19-5-2;/h11H,4-10H2,1-3H3,(H2,15,16,17);1H. The van der Waals surface area contributed by atoms with E-state index in [9.17, 15) is 0 Å². The van der Waals surface area contributed by atoms with Crippen molar-refractivity contribution in [2.45, 2.75) is 39.7 Å². The highest BCUT2D eigenvalue weighted by molar-refractivity contribution is 14.0. The second-order valence-corrected chi connectivity index (χ2v) is 5.29. The molecule has 0 aliphatic carbocycles. The van der Waals surface area contributed by atoms with Gasteiger partial charge in [0.25, 0.3) is 0 Å². The number of aromatic nitrogens is 1. The molecule has 1 rings (SSSR count). The van der Waals surface area contributed by atoms with E-state index in [1.165, 1.54) is 5.01 Å². The number of nitrogens with zero attached hydrogens (tertiary/aromatic N) is 2. The molecule has 122 valence electrons. The van der Waals surface area contributed by atoms with Gasteiger partial charge in [-0.15, -0.1) is 35.3 Å². The molecule has 0 aliphatic heterocycles. The van der Waals surface area contributed by atoms with Crippen LogP contribution in [0.5, 0.6) is 0 Å². The molecule has 0 saturated heterocycles. The maximum atomic E-state index is 5.30. The number of aryl methyl sites for hydroxylation is 1. The summed E-state index contributed by atoms with van der Waals surface area (Å²) in [4.78, 5) is 8.72. The highest BCUT2D eigenvalue weighted by atomic mass is 127. The Morgan fingerprint density at radius 3 is 2.76 bits per heavy atom. The summed E-state index contributed by atoms with van der Waals surface area (Å²) in [6.07, 6.45) is 3.15. The van der Waals surface area contributed by atoms with Gasteiger partial charge in [0.15, 0.2) is 5.96 Å². The van der Waals surface area contributed by atoms with Crippen molar-refractivity contribution in [2.24, 2.45) is 4.99 Å². The molecule has 0 aromatic carbocycles. The van der Waals surface area contributed by atoms with E-state index in [1.807, 2.05) is 6.92 Å². The lowest BCUT2D eigenvalue weighted by Crippen LogP contribution is -2.37. The molecule has 7 heteroatoms. The summed E-state index contributed by atoms with van der Waals surface area (Å²) in [5.41, 5.74) is 1.08. The van der Waals surface area contributed by atoms with Crippen molar-refractivity contribution in [3.05, 3.63) is 16.1 Å². The van der Waals surface area contributed by atoms with Crippen LogP contribution < -0.4 is 10.6 Å². The normalized spacial score (nSPS) is 11.1. The molecule has 2 N–H and O–H groups in total. The second-order valence-electron chi connectivity index (χ2n) is 4.34. The highest BCUT2D eigenvalue weighted by Crippen LogP contribution is 2.09. The van der Waals surface area contributed by atoms with Crippen molar-refractivity contribution in [1.82, 2.24) is 15.6 Å². The van der Waals surface area contributed by atoms with Crippen LogP contribution in [0.1, 0.15) is 37.4 Å². The van der Waals surface area contributed by atoms with Gasteiger partial charge in [-0.05, 0) is 26.2 Å². The van der Waals surface area contributed by atoms with Gasteiger partial charge in [0.05, 0.1) is 17.2 Å². The number of rotatable bonds is 9. The molecule has 1 aromatic heterocycles. The number of nitrogens with one attached hydrogen (secondary N) is 2. The third kappa shape index (κ3) is 9.26. The van der Waals surface area contributed by atoms with Gasteiger partial charge in [0.1, 0.15) is 0 Å². The minimum absolute atomic E-state index is 0. The van der Waals surface area contributed by atoms with Crippen LogP contribution in [-0.2, 0) is 17.7 Å². The lowest BCUT2D eigenvalue weighted by molar-refractivity contribution is 0.143. The van der Waals surface area contributed by atoms with E-state index >= 15 is 0 Å². The molecular weight excluding hydrogens is 399 g/mol. The molecule has 0 spiro atoms. The van der Waals surface area contributed by atoms with E-state index in [0.29, 0.717) is 0 Å². The van der Waals surface area contributed by atoms with E-state index in [4.69, 9.17) is 4.74 Å². The fraction of sp³-hybridized carbons (Fsp3) is 0.714. The summed E-state index contributed by atoms with van der Waals surface area (Å²) < 4.78 is 5.30. The van der Waals surface area contributed by atoms with Gasteiger partial charge in [-0.1, -0.05) is 6.92 Å². The topological polar surface area (TPSA) is 58.5 Å². The molecule has 0 radical (unpaired) electrons. The fourth-order valence-corrected chi connectivity index (χ4v) is 2.41. The molecular formula is C14H27IN4OS. The number of hydrogen-bond donors (Lipinski definition) is 2. The number of ether oxygens (including phenoxy) is 1. The Hall–Kier alpha value is -0.410. The van der Waals surface area contributed by atoms with Crippen molar-refractivity contribution in [1.29, 1.82) is 0 Å². The molecule has 0 unspecified atom stereocenters. The van der Waals surface area contributed by atoms with Crippen molar-refractivity contribution in [3.8, 4) is 0 Å². The van der Waals surface area contributed by atoms with E-state index < -0.39 is 0 Å². The maximum absolute atomic E-state index is 5.30. The Bertz CT molecular complexity index is 398.